The van der Waals surface area contributed by atoms with Gasteiger partial charge in [-0.2, -0.15) is 5.10 Å². The molecule has 0 aliphatic carbocycles. The monoisotopic (exact) mass is 332 g/mol. The molecule has 24 heavy (non-hydrogen) atoms. The van der Waals surface area contributed by atoms with Gasteiger partial charge in [-0.25, -0.2) is 14.3 Å². The van der Waals surface area contributed by atoms with E-state index in [9.17, 15) is 24.3 Å². The standard InChI is InChI=1S/C15H16N4O5/c1-3-16-15(24)17-12(20)8(2)19-13(21)10-7-5-4-6-9(10)11(18-19)14(22)23/h4-8H,3H2,1-2H3,(H,22,23)(H2,16,17,20,24)/t8-/m1/s1. The summed E-state index contributed by atoms with van der Waals surface area (Å²) in [7, 11) is 0. The van der Waals surface area contributed by atoms with Gasteiger partial charge in [0.15, 0.2) is 5.69 Å². The third-order valence-electron chi connectivity index (χ3n) is 3.35. The van der Waals surface area contributed by atoms with Crippen LogP contribution in [0.1, 0.15) is 30.4 Å². The Balaban J connectivity index is 2.50. The minimum atomic E-state index is -1.32. The molecule has 2 rings (SSSR count). The molecule has 3 N–H and O–H groups in total. The highest BCUT2D eigenvalue weighted by Crippen LogP contribution is 2.14. The predicted molar refractivity (Wildman–Crippen MR) is 84.9 cm³/mol. The number of carboxylic acids is 1. The van der Waals surface area contributed by atoms with Gasteiger partial charge in [0.25, 0.3) is 11.5 Å². The van der Waals surface area contributed by atoms with Gasteiger partial charge in [-0.15, -0.1) is 0 Å². The van der Waals surface area contributed by atoms with E-state index in [0.717, 1.165) is 4.68 Å². The van der Waals surface area contributed by atoms with Crippen molar-refractivity contribution < 1.29 is 19.5 Å². The number of hydrogen-bond acceptors (Lipinski definition) is 5. The van der Waals surface area contributed by atoms with Crippen LogP contribution in [-0.2, 0) is 4.79 Å². The number of aromatic carboxylic acids is 1. The number of carbonyl (C=O) groups excluding carboxylic acids is 2. The highest BCUT2D eigenvalue weighted by molar-refractivity contribution is 6.01. The number of aromatic nitrogens is 2. The highest BCUT2D eigenvalue weighted by atomic mass is 16.4. The topological polar surface area (TPSA) is 130 Å². The van der Waals surface area contributed by atoms with Crippen molar-refractivity contribution in [1.82, 2.24) is 20.4 Å². The van der Waals surface area contributed by atoms with E-state index in [1.54, 1.807) is 19.1 Å². The number of fused-ring (bicyclic) bond motifs is 1. The molecule has 0 fully saturated rings. The van der Waals surface area contributed by atoms with E-state index in [2.05, 4.69) is 15.7 Å². The van der Waals surface area contributed by atoms with Crippen molar-refractivity contribution in [3.8, 4) is 0 Å². The number of urea groups is 1. The third-order valence-corrected chi connectivity index (χ3v) is 3.35. The number of carbonyl (C=O) groups is 3. The molecule has 1 aromatic carbocycles. The summed E-state index contributed by atoms with van der Waals surface area (Å²) in [6, 6.07) is 4.22. The number of rotatable bonds is 4. The van der Waals surface area contributed by atoms with Crippen molar-refractivity contribution in [3.05, 3.63) is 40.3 Å². The van der Waals surface area contributed by atoms with Crippen LogP contribution in [0.4, 0.5) is 4.79 Å². The minimum absolute atomic E-state index is 0.127. The second kappa shape index (κ2) is 6.90. The largest absolute Gasteiger partial charge is 0.476 e. The van der Waals surface area contributed by atoms with Crippen LogP contribution in [0.3, 0.4) is 0 Å². The van der Waals surface area contributed by atoms with Crippen molar-refractivity contribution in [1.29, 1.82) is 0 Å². The molecule has 0 spiro atoms. The number of carboxylic acid groups (broad SMARTS) is 1. The molecule has 0 unspecified atom stereocenters. The average Bonchev–Trinajstić information content (AvgIpc) is 2.54. The van der Waals surface area contributed by atoms with E-state index >= 15 is 0 Å². The van der Waals surface area contributed by atoms with Crippen LogP contribution < -0.4 is 16.2 Å². The molecule has 2 aromatic rings. The van der Waals surface area contributed by atoms with E-state index in [4.69, 9.17) is 0 Å². The first-order chi connectivity index (χ1) is 11.4. The van der Waals surface area contributed by atoms with Crippen LogP contribution in [0.5, 0.6) is 0 Å². The Bertz CT molecular complexity index is 874. The van der Waals surface area contributed by atoms with E-state index in [1.165, 1.54) is 19.1 Å². The maximum atomic E-state index is 12.5. The summed E-state index contributed by atoms with van der Waals surface area (Å²) in [5.41, 5.74) is -0.961. The Morgan fingerprint density at radius 2 is 1.88 bits per heavy atom. The van der Waals surface area contributed by atoms with Crippen molar-refractivity contribution >= 4 is 28.7 Å². The molecule has 0 aliphatic heterocycles. The summed E-state index contributed by atoms with van der Waals surface area (Å²) in [5.74, 6) is -2.10. The average molecular weight is 332 g/mol. The number of nitrogens with one attached hydrogen (secondary N) is 2. The second-order valence-electron chi connectivity index (χ2n) is 4.97. The van der Waals surface area contributed by atoms with Crippen molar-refractivity contribution in [2.75, 3.05) is 6.54 Å². The van der Waals surface area contributed by atoms with Gasteiger partial charge in [0.1, 0.15) is 6.04 Å². The van der Waals surface area contributed by atoms with Gasteiger partial charge in [-0.05, 0) is 19.9 Å². The maximum Gasteiger partial charge on any atom is 0.357 e. The normalized spacial score (nSPS) is 11.8. The van der Waals surface area contributed by atoms with Crippen LogP contribution in [0.25, 0.3) is 10.8 Å². The summed E-state index contributed by atoms with van der Waals surface area (Å²) < 4.78 is 0.764. The molecular weight excluding hydrogens is 316 g/mol. The lowest BCUT2D eigenvalue weighted by Crippen LogP contribution is -2.44. The van der Waals surface area contributed by atoms with Gasteiger partial charge in [0.2, 0.25) is 0 Å². The van der Waals surface area contributed by atoms with Crippen molar-refractivity contribution in [2.45, 2.75) is 19.9 Å². The molecule has 1 atom stereocenters. The molecule has 0 saturated heterocycles. The Morgan fingerprint density at radius 3 is 2.46 bits per heavy atom. The molecule has 9 heteroatoms. The van der Waals surface area contributed by atoms with E-state index in [-0.39, 0.29) is 16.5 Å². The van der Waals surface area contributed by atoms with Gasteiger partial charge in [-0.3, -0.25) is 14.9 Å². The molecule has 1 heterocycles. The van der Waals surface area contributed by atoms with Gasteiger partial charge in [-0.1, -0.05) is 18.2 Å². The van der Waals surface area contributed by atoms with Crippen molar-refractivity contribution in [2.24, 2.45) is 0 Å². The van der Waals surface area contributed by atoms with E-state index in [1.807, 2.05) is 0 Å². The van der Waals surface area contributed by atoms with Gasteiger partial charge >= 0.3 is 12.0 Å². The lowest BCUT2D eigenvalue weighted by Gasteiger charge is -2.15. The van der Waals surface area contributed by atoms with Crippen LogP contribution in [0.2, 0.25) is 0 Å². The Morgan fingerprint density at radius 1 is 1.25 bits per heavy atom. The number of nitrogens with zero attached hydrogens (tertiary/aromatic N) is 2. The van der Waals surface area contributed by atoms with Crippen LogP contribution in [0.15, 0.2) is 29.1 Å². The smallest absolute Gasteiger partial charge is 0.357 e. The Hall–Kier alpha value is -3.23. The zero-order chi connectivity index (χ0) is 17.9. The lowest BCUT2D eigenvalue weighted by molar-refractivity contribution is -0.123. The zero-order valence-corrected chi connectivity index (χ0v) is 13.1. The summed E-state index contributed by atoms with van der Waals surface area (Å²) in [6.07, 6.45) is 0. The first-order valence-electron chi connectivity index (χ1n) is 7.20. The number of benzene rings is 1. The molecular formula is C15H16N4O5. The van der Waals surface area contributed by atoms with Gasteiger partial charge in [0.05, 0.1) is 5.39 Å². The molecule has 0 saturated carbocycles. The molecule has 3 amide bonds. The van der Waals surface area contributed by atoms with Crippen molar-refractivity contribution in [3.63, 3.8) is 0 Å². The van der Waals surface area contributed by atoms with Crippen LogP contribution in [-0.4, -0.2) is 39.3 Å². The maximum absolute atomic E-state index is 12.5. The number of amides is 3. The molecule has 9 nitrogen and oxygen atoms in total. The fraction of sp³-hybridized carbons (Fsp3) is 0.267. The summed E-state index contributed by atoms with van der Waals surface area (Å²) >= 11 is 0. The fourth-order valence-electron chi connectivity index (χ4n) is 2.16. The Kier molecular flexibility index (Phi) is 4.93. The number of hydrogen-bond donors (Lipinski definition) is 3. The predicted octanol–water partition coefficient (Wildman–Crippen LogP) is 0.501. The summed E-state index contributed by atoms with van der Waals surface area (Å²) in [5, 5.41) is 17.8. The molecule has 0 radical (unpaired) electrons. The first kappa shape index (κ1) is 17.1. The molecule has 0 aliphatic rings. The van der Waals surface area contributed by atoms with Crippen LogP contribution in [0, 0.1) is 0 Å². The summed E-state index contributed by atoms with van der Waals surface area (Å²) in [4.78, 5) is 47.4. The SMILES string of the molecule is CCNC(=O)NC(=O)[C@@H](C)n1nc(C(=O)O)c2ccccc2c1=O. The summed E-state index contributed by atoms with van der Waals surface area (Å²) in [6.45, 7) is 3.36. The molecule has 1 aromatic heterocycles. The third kappa shape index (κ3) is 3.24. The first-order valence-corrected chi connectivity index (χ1v) is 7.20. The zero-order valence-electron chi connectivity index (χ0n) is 13.1. The van der Waals surface area contributed by atoms with Gasteiger partial charge < -0.3 is 10.4 Å². The quantitative estimate of drug-likeness (QED) is 0.747. The van der Waals surface area contributed by atoms with E-state index < -0.39 is 29.5 Å². The second-order valence-corrected chi connectivity index (χ2v) is 4.97. The molecule has 126 valence electrons. The minimum Gasteiger partial charge on any atom is -0.476 e. The molecule has 0 bridgehead atoms. The van der Waals surface area contributed by atoms with Crippen LogP contribution >= 0.6 is 0 Å². The lowest BCUT2D eigenvalue weighted by atomic mass is 10.1. The van der Waals surface area contributed by atoms with E-state index in [0.29, 0.717) is 6.54 Å². The fourth-order valence-corrected chi connectivity index (χ4v) is 2.16. The highest BCUT2D eigenvalue weighted by Gasteiger charge is 2.23. The Labute approximate surface area is 136 Å². The van der Waals surface area contributed by atoms with Gasteiger partial charge in [0, 0.05) is 11.9 Å². The number of imide groups is 1.